The van der Waals surface area contributed by atoms with Crippen molar-refractivity contribution in [2.75, 3.05) is 6.54 Å². The first-order valence-corrected chi connectivity index (χ1v) is 5.94. The summed E-state index contributed by atoms with van der Waals surface area (Å²) in [4.78, 5) is 24.5. The highest BCUT2D eigenvalue weighted by atomic mass is 19.1. The van der Waals surface area contributed by atoms with E-state index in [9.17, 15) is 19.1 Å². The Kier molecular flexibility index (Phi) is 3.64. The van der Waals surface area contributed by atoms with Gasteiger partial charge in [0.1, 0.15) is 5.82 Å². The highest BCUT2D eigenvalue weighted by Gasteiger charge is 2.45. The summed E-state index contributed by atoms with van der Waals surface area (Å²) in [5, 5.41) is 9.21. The number of hydrogen-bond acceptors (Lipinski definition) is 2. The molecule has 1 saturated heterocycles. The summed E-state index contributed by atoms with van der Waals surface area (Å²) in [5.41, 5.74) is 0.239. The Labute approximate surface area is 110 Å². The van der Waals surface area contributed by atoms with Gasteiger partial charge in [0.2, 0.25) is 5.91 Å². The van der Waals surface area contributed by atoms with Crippen molar-refractivity contribution >= 4 is 11.9 Å². The van der Waals surface area contributed by atoms with Crippen LogP contribution in [0.4, 0.5) is 4.39 Å². The molecular weight excluding hydrogens is 249 g/mol. The Bertz CT molecular complexity index is 529. The topological polar surface area (TPSA) is 57.6 Å². The van der Waals surface area contributed by atoms with Gasteiger partial charge in [-0.05, 0) is 6.07 Å². The molecule has 2 unspecified atom stereocenters. The summed E-state index contributed by atoms with van der Waals surface area (Å²) in [6, 6.07) is 5.17. The summed E-state index contributed by atoms with van der Waals surface area (Å²) in [6.45, 7) is 3.75. The van der Waals surface area contributed by atoms with Crippen LogP contribution in [0.3, 0.4) is 0 Å². The zero-order chi connectivity index (χ0) is 14.0. The Morgan fingerprint density at radius 3 is 2.79 bits per heavy atom. The fourth-order valence-electron chi connectivity index (χ4n) is 2.47. The third kappa shape index (κ3) is 2.36. The van der Waals surface area contributed by atoms with E-state index in [1.165, 1.54) is 29.2 Å². The minimum Gasteiger partial charge on any atom is -0.481 e. The Hall–Kier alpha value is -2.17. The molecule has 1 aliphatic heterocycles. The summed E-state index contributed by atoms with van der Waals surface area (Å²) >= 11 is 0. The SMILES string of the molecule is C=CCN1C(=O)CC(C(=O)O)C1c1ccccc1F. The van der Waals surface area contributed by atoms with Crippen LogP contribution < -0.4 is 0 Å². The van der Waals surface area contributed by atoms with Crippen LogP contribution in [0.25, 0.3) is 0 Å². The van der Waals surface area contributed by atoms with Gasteiger partial charge in [0.15, 0.2) is 0 Å². The average molecular weight is 263 g/mol. The molecule has 1 N–H and O–H groups in total. The lowest BCUT2D eigenvalue weighted by Gasteiger charge is -2.26. The zero-order valence-corrected chi connectivity index (χ0v) is 10.3. The average Bonchev–Trinajstić information content (AvgIpc) is 2.69. The molecule has 0 bridgehead atoms. The lowest BCUT2D eigenvalue weighted by Crippen LogP contribution is -2.31. The van der Waals surface area contributed by atoms with Crippen molar-refractivity contribution in [2.45, 2.75) is 12.5 Å². The van der Waals surface area contributed by atoms with Crippen LogP contribution in [0, 0.1) is 11.7 Å². The Morgan fingerprint density at radius 2 is 2.21 bits per heavy atom. The normalized spacial score (nSPS) is 22.6. The van der Waals surface area contributed by atoms with E-state index in [0.717, 1.165) is 0 Å². The van der Waals surface area contributed by atoms with Crippen molar-refractivity contribution in [3.8, 4) is 0 Å². The van der Waals surface area contributed by atoms with Crippen LogP contribution in [-0.4, -0.2) is 28.4 Å². The number of likely N-dealkylation sites (tertiary alicyclic amines) is 1. The minimum absolute atomic E-state index is 0.109. The van der Waals surface area contributed by atoms with Crippen LogP contribution in [0.2, 0.25) is 0 Å². The third-order valence-corrected chi connectivity index (χ3v) is 3.30. The second-order valence-corrected chi connectivity index (χ2v) is 4.45. The molecule has 0 aromatic heterocycles. The van der Waals surface area contributed by atoms with Crippen LogP contribution in [-0.2, 0) is 9.59 Å². The van der Waals surface area contributed by atoms with Gasteiger partial charge in [0.25, 0.3) is 0 Å². The van der Waals surface area contributed by atoms with Gasteiger partial charge in [0.05, 0.1) is 12.0 Å². The van der Waals surface area contributed by atoms with E-state index in [-0.39, 0.29) is 24.4 Å². The van der Waals surface area contributed by atoms with Crippen LogP contribution in [0.5, 0.6) is 0 Å². The van der Waals surface area contributed by atoms with Gasteiger partial charge in [-0.25, -0.2) is 4.39 Å². The number of benzene rings is 1. The van der Waals surface area contributed by atoms with Crippen molar-refractivity contribution < 1.29 is 19.1 Å². The zero-order valence-electron chi connectivity index (χ0n) is 10.3. The van der Waals surface area contributed by atoms with Gasteiger partial charge >= 0.3 is 5.97 Å². The number of nitrogens with zero attached hydrogens (tertiary/aromatic N) is 1. The molecule has 1 aromatic carbocycles. The maximum absolute atomic E-state index is 13.9. The lowest BCUT2D eigenvalue weighted by atomic mass is 9.93. The number of rotatable bonds is 4. The lowest BCUT2D eigenvalue weighted by molar-refractivity contribution is -0.142. The Morgan fingerprint density at radius 1 is 1.53 bits per heavy atom. The molecule has 1 amide bonds. The van der Waals surface area contributed by atoms with Gasteiger partial charge in [-0.15, -0.1) is 6.58 Å². The molecule has 0 aliphatic carbocycles. The molecule has 1 heterocycles. The van der Waals surface area contributed by atoms with Crippen LogP contribution in [0.1, 0.15) is 18.0 Å². The quantitative estimate of drug-likeness (QED) is 0.845. The van der Waals surface area contributed by atoms with Gasteiger partial charge < -0.3 is 10.0 Å². The van der Waals surface area contributed by atoms with Crippen molar-refractivity contribution in [3.05, 3.63) is 48.3 Å². The van der Waals surface area contributed by atoms with Crippen LogP contribution >= 0.6 is 0 Å². The Balaban J connectivity index is 2.46. The number of carboxylic acid groups (broad SMARTS) is 1. The predicted molar refractivity (Wildman–Crippen MR) is 66.8 cm³/mol. The monoisotopic (exact) mass is 263 g/mol. The summed E-state index contributed by atoms with van der Waals surface area (Å²) in [6.07, 6.45) is 1.40. The van der Waals surface area contributed by atoms with E-state index in [2.05, 4.69) is 6.58 Å². The number of aliphatic carboxylic acids is 1. The second-order valence-electron chi connectivity index (χ2n) is 4.45. The third-order valence-electron chi connectivity index (χ3n) is 3.30. The van der Waals surface area contributed by atoms with E-state index < -0.39 is 23.7 Å². The van der Waals surface area contributed by atoms with Gasteiger partial charge in [-0.2, -0.15) is 0 Å². The first kappa shape index (κ1) is 13.3. The smallest absolute Gasteiger partial charge is 0.309 e. The number of amides is 1. The maximum atomic E-state index is 13.9. The number of halogens is 1. The highest BCUT2D eigenvalue weighted by molar-refractivity contribution is 5.87. The molecule has 0 radical (unpaired) electrons. The van der Waals surface area contributed by atoms with Crippen molar-refractivity contribution in [1.82, 2.24) is 4.90 Å². The van der Waals surface area contributed by atoms with Gasteiger partial charge in [-0.3, -0.25) is 9.59 Å². The van der Waals surface area contributed by atoms with Crippen LogP contribution in [0.15, 0.2) is 36.9 Å². The van der Waals surface area contributed by atoms with Gasteiger partial charge in [0, 0.05) is 18.5 Å². The first-order chi connectivity index (χ1) is 9.06. The number of carbonyl (C=O) groups is 2. The van der Waals surface area contributed by atoms with Gasteiger partial charge in [-0.1, -0.05) is 24.3 Å². The molecular formula is C14H14FNO3. The first-order valence-electron chi connectivity index (χ1n) is 5.94. The molecule has 100 valence electrons. The summed E-state index contributed by atoms with van der Waals surface area (Å²) in [7, 11) is 0. The largest absolute Gasteiger partial charge is 0.481 e. The highest BCUT2D eigenvalue weighted by Crippen LogP contribution is 2.39. The van der Waals surface area contributed by atoms with E-state index in [1.54, 1.807) is 6.07 Å². The molecule has 4 nitrogen and oxygen atoms in total. The fraction of sp³-hybridized carbons (Fsp3) is 0.286. The number of hydrogen-bond donors (Lipinski definition) is 1. The maximum Gasteiger partial charge on any atom is 0.309 e. The van der Waals surface area contributed by atoms with E-state index in [0.29, 0.717) is 0 Å². The van der Waals surface area contributed by atoms with Crippen molar-refractivity contribution in [3.63, 3.8) is 0 Å². The van der Waals surface area contributed by atoms with E-state index in [4.69, 9.17) is 0 Å². The standard InChI is InChI=1S/C14H14FNO3/c1-2-7-16-12(17)8-10(14(18)19)13(16)9-5-3-4-6-11(9)15/h2-6,10,13H,1,7-8H2,(H,18,19). The molecule has 2 atom stereocenters. The predicted octanol–water partition coefficient (Wildman–Crippen LogP) is 1.99. The molecule has 2 rings (SSSR count). The molecule has 0 saturated carbocycles. The van der Waals surface area contributed by atoms with E-state index >= 15 is 0 Å². The number of carbonyl (C=O) groups excluding carboxylic acids is 1. The molecule has 1 fully saturated rings. The minimum atomic E-state index is -1.09. The number of carboxylic acids is 1. The van der Waals surface area contributed by atoms with Crippen molar-refractivity contribution in [2.24, 2.45) is 5.92 Å². The molecule has 1 aliphatic rings. The molecule has 0 spiro atoms. The second kappa shape index (κ2) is 5.22. The molecule has 5 heteroatoms. The van der Waals surface area contributed by atoms with Crippen molar-refractivity contribution in [1.29, 1.82) is 0 Å². The molecule has 19 heavy (non-hydrogen) atoms. The van der Waals surface area contributed by atoms with E-state index in [1.807, 2.05) is 0 Å². The summed E-state index contributed by atoms with van der Waals surface area (Å²) < 4.78 is 13.9. The fourth-order valence-corrected chi connectivity index (χ4v) is 2.47. The molecule has 1 aromatic rings. The summed E-state index contributed by atoms with van der Waals surface area (Å²) in [5.74, 6) is -2.81.